The SMILES string of the molecule is CCCCC1(O)CCN(C(C=C(C)C)CC(C)(C)c2ccc(Cl)cc2)CC1. The lowest BCUT2D eigenvalue weighted by Crippen LogP contribution is -2.49. The van der Waals surface area contributed by atoms with Crippen LogP contribution < -0.4 is 0 Å². The van der Waals surface area contributed by atoms with E-state index in [9.17, 15) is 5.11 Å². The molecular formula is C24H38ClNO. The molecule has 2 nitrogen and oxygen atoms in total. The maximum Gasteiger partial charge on any atom is 0.0672 e. The van der Waals surface area contributed by atoms with Gasteiger partial charge in [0.05, 0.1) is 5.60 Å². The van der Waals surface area contributed by atoms with Crippen molar-refractivity contribution in [1.29, 1.82) is 0 Å². The first-order valence-electron chi connectivity index (χ1n) is 10.5. The number of unbranched alkanes of at least 4 members (excludes halogenated alkanes) is 1. The number of nitrogens with zero attached hydrogens (tertiary/aromatic N) is 1. The van der Waals surface area contributed by atoms with Crippen molar-refractivity contribution in [2.24, 2.45) is 0 Å². The van der Waals surface area contributed by atoms with Crippen LogP contribution in [0.5, 0.6) is 0 Å². The van der Waals surface area contributed by atoms with Gasteiger partial charge in [0.25, 0.3) is 0 Å². The first-order chi connectivity index (χ1) is 12.6. The lowest BCUT2D eigenvalue weighted by molar-refractivity contribution is -0.0360. The molecule has 2 rings (SSSR count). The Labute approximate surface area is 171 Å². The van der Waals surface area contributed by atoms with Crippen molar-refractivity contribution >= 4 is 11.6 Å². The molecule has 1 fully saturated rings. The molecule has 0 spiro atoms. The number of hydrogen-bond acceptors (Lipinski definition) is 2. The number of benzene rings is 1. The lowest BCUT2D eigenvalue weighted by atomic mass is 9.77. The third-order valence-corrected chi connectivity index (χ3v) is 6.32. The summed E-state index contributed by atoms with van der Waals surface area (Å²) in [6.07, 6.45) is 8.48. The van der Waals surface area contributed by atoms with E-state index in [4.69, 9.17) is 11.6 Å². The van der Waals surface area contributed by atoms with Crippen LogP contribution in [-0.2, 0) is 5.41 Å². The second kappa shape index (κ2) is 9.58. The molecule has 1 heterocycles. The number of hydrogen-bond donors (Lipinski definition) is 1. The molecule has 0 bridgehead atoms. The average Bonchev–Trinajstić information content (AvgIpc) is 2.60. The van der Waals surface area contributed by atoms with Crippen LogP contribution in [0.25, 0.3) is 0 Å². The van der Waals surface area contributed by atoms with Crippen molar-refractivity contribution < 1.29 is 5.11 Å². The molecule has 1 aliphatic rings. The van der Waals surface area contributed by atoms with Crippen molar-refractivity contribution in [3.8, 4) is 0 Å². The highest BCUT2D eigenvalue weighted by Gasteiger charge is 2.35. The fourth-order valence-electron chi connectivity index (χ4n) is 4.25. The molecule has 1 N–H and O–H groups in total. The van der Waals surface area contributed by atoms with Gasteiger partial charge in [0, 0.05) is 24.2 Å². The molecule has 1 saturated heterocycles. The molecule has 1 atom stereocenters. The number of halogens is 1. The first kappa shape index (κ1) is 22.5. The Morgan fingerprint density at radius 3 is 2.33 bits per heavy atom. The molecule has 0 saturated carbocycles. The van der Waals surface area contributed by atoms with Gasteiger partial charge in [-0.15, -0.1) is 0 Å². The van der Waals surface area contributed by atoms with E-state index >= 15 is 0 Å². The molecule has 1 aromatic carbocycles. The maximum absolute atomic E-state index is 10.9. The minimum absolute atomic E-state index is 0.0666. The van der Waals surface area contributed by atoms with E-state index in [0.29, 0.717) is 6.04 Å². The quantitative estimate of drug-likeness (QED) is 0.521. The summed E-state index contributed by atoms with van der Waals surface area (Å²) in [5, 5.41) is 11.7. The van der Waals surface area contributed by atoms with Gasteiger partial charge in [-0.2, -0.15) is 0 Å². The van der Waals surface area contributed by atoms with E-state index in [0.717, 1.165) is 56.6 Å². The number of likely N-dealkylation sites (tertiary alicyclic amines) is 1. The van der Waals surface area contributed by atoms with E-state index in [1.807, 2.05) is 12.1 Å². The standard InChI is InChI=1S/C24H38ClNO/c1-6-7-12-24(27)13-15-26(16-14-24)22(17-19(2)3)18-23(4,5)20-8-10-21(25)11-9-20/h8-11,17,22,27H,6-7,12-16,18H2,1-5H3. The third-order valence-electron chi connectivity index (χ3n) is 6.06. The summed E-state index contributed by atoms with van der Waals surface area (Å²) < 4.78 is 0. The predicted octanol–water partition coefficient (Wildman–Crippen LogP) is 6.36. The highest BCUT2D eigenvalue weighted by molar-refractivity contribution is 6.30. The molecule has 152 valence electrons. The Hall–Kier alpha value is -0.830. The van der Waals surface area contributed by atoms with E-state index in [2.05, 4.69) is 57.7 Å². The summed E-state index contributed by atoms with van der Waals surface area (Å²) >= 11 is 6.08. The zero-order valence-electron chi connectivity index (χ0n) is 17.9. The van der Waals surface area contributed by atoms with Gasteiger partial charge >= 0.3 is 0 Å². The number of rotatable bonds is 8. The fourth-order valence-corrected chi connectivity index (χ4v) is 4.37. The van der Waals surface area contributed by atoms with Crippen molar-refractivity contribution in [2.75, 3.05) is 13.1 Å². The molecule has 0 amide bonds. The fraction of sp³-hybridized carbons (Fsp3) is 0.667. The summed E-state index contributed by atoms with van der Waals surface area (Å²) in [7, 11) is 0. The Morgan fingerprint density at radius 1 is 1.22 bits per heavy atom. The van der Waals surface area contributed by atoms with E-state index < -0.39 is 5.60 Å². The zero-order valence-corrected chi connectivity index (χ0v) is 18.6. The summed E-state index contributed by atoms with van der Waals surface area (Å²) in [5.74, 6) is 0. The maximum atomic E-state index is 10.9. The van der Waals surface area contributed by atoms with Crippen LogP contribution in [0, 0.1) is 0 Å². The molecule has 3 heteroatoms. The first-order valence-corrected chi connectivity index (χ1v) is 10.9. The van der Waals surface area contributed by atoms with Gasteiger partial charge in [0.2, 0.25) is 0 Å². The van der Waals surface area contributed by atoms with Gasteiger partial charge in [-0.05, 0) is 62.6 Å². The molecule has 27 heavy (non-hydrogen) atoms. The number of allylic oxidation sites excluding steroid dienone is 1. The summed E-state index contributed by atoms with van der Waals surface area (Å²) in [6.45, 7) is 13.2. The van der Waals surface area contributed by atoms with Crippen molar-refractivity contribution in [3.63, 3.8) is 0 Å². The number of piperidine rings is 1. The van der Waals surface area contributed by atoms with Crippen LogP contribution in [0.2, 0.25) is 5.02 Å². The molecule has 0 radical (unpaired) electrons. The van der Waals surface area contributed by atoms with Crippen LogP contribution in [0.4, 0.5) is 0 Å². The van der Waals surface area contributed by atoms with Gasteiger partial charge < -0.3 is 5.11 Å². The second-order valence-electron chi connectivity index (χ2n) is 9.27. The van der Waals surface area contributed by atoms with Crippen LogP contribution in [-0.4, -0.2) is 34.7 Å². The molecule has 0 aliphatic carbocycles. The van der Waals surface area contributed by atoms with Crippen molar-refractivity contribution in [2.45, 2.75) is 90.2 Å². The highest BCUT2D eigenvalue weighted by Crippen LogP contribution is 2.34. The molecule has 1 aromatic rings. The zero-order chi connectivity index (χ0) is 20.1. The smallest absolute Gasteiger partial charge is 0.0672 e. The molecule has 1 aliphatic heterocycles. The van der Waals surface area contributed by atoms with Crippen molar-refractivity contribution in [3.05, 3.63) is 46.5 Å². The van der Waals surface area contributed by atoms with Gasteiger partial charge in [-0.3, -0.25) is 4.90 Å². The monoisotopic (exact) mass is 391 g/mol. The minimum atomic E-state index is -0.451. The van der Waals surface area contributed by atoms with Crippen LogP contribution >= 0.6 is 11.6 Å². The highest BCUT2D eigenvalue weighted by atomic mass is 35.5. The number of aliphatic hydroxyl groups is 1. The topological polar surface area (TPSA) is 23.5 Å². The minimum Gasteiger partial charge on any atom is -0.390 e. The normalized spacial score (nSPS) is 18.9. The van der Waals surface area contributed by atoms with Crippen LogP contribution in [0.1, 0.15) is 78.7 Å². The second-order valence-corrected chi connectivity index (χ2v) is 9.71. The Bertz CT molecular complexity index is 608. The molecule has 0 aromatic heterocycles. The lowest BCUT2D eigenvalue weighted by Gasteiger charge is -2.43. The van der Waals surface area contributed by atoms with Gasteiger partial charge in [0.1, 0.15) is 0 Å². The van der Waals surface area contributed by atoms with Gasteiger partial charge in [-0.1, -0.05) is 69.0 Å². The van der Waals surface area contributed by atoms with E-state index in [1.54, 1.807) is 0 Å². The van der Waals surface area contributed by atoms with Crippen LogP contribution in [0.3, 0.4) is 0 Å². The summed E-state index contributed by atoms with van der Waals surface area (Å²) in [5.41, 5.74) is 2.31. The van der Waals surface area contributed by atoms with Crippen LogP contribution in [0.15, 0.2) is 35.9 Å². The Morgan fingerprint density at radius 2 is 1.81 bits per heavy atom. The summed E-state index contributed by atoms with van der Waals surface area (Å²) in [4.78, 5) is 2.57. The Balaban J connectivity index is 2.10. The molecular weight excluding hydrogens is 354 g/mol. The average molecular weight is 392 g/mol. The van der Waals surface area contributed by atoms with Gasteiger partial charge in [-0.25, -0.2) is 0 Å². The summed E-state index contributed by atoms with van der Waals surface area (Å²) in [6, 6.07) is 8.69. The largest absolute Gasteiger partial charge is 0.390 e. The third kappa shape index (κ3) is 6.62. The van der Waals surface area contributed by atoms with Crippen molar-refractivity contribution in [1.82, 2.24) is 4.90 Å². The molecule has 1 unspecified atom stereocenters. The van der Waals surface area contributed by atoms with Gasteiger partial charge in [0.15, 0.2) is 0 Å². The van der Waals surface area contributed by atoms with E-state index in [1.165, 1.54) is 11.1 Å². The van der Waals surface area contributed by atoms with E-state index in [-0.39, 0.29) is 5.41 Å². The Kier molecular flexibility index (Phi) is 7.97. The predicted molar refractivity (Wildman–Crippen MR) is 118 cm³/mol.